The molecule has 0 rings (SSSR count). The highest BCUT2D eigenvalue weighted by molar-refractivity contribution is 5.71. The summed E-state index contributed by atoms with van der Waals surface area (Å²) in [5, 5.41) is 8.68. The number of rotatable bonds is 16. The predicted octanol–water partition coefficient (Wildman–Crippen LogP) is 6.40. The lowest BCUT2D eigenvalue weighted by Gasteiger charge is -2.07. The molecule has 1 unspecified atom stereocenters. The van der Waals surface area contributed by atoms with Crippen LogP contribution in [0.5, 0.6) is 0 Å². The van der Waals surface area contributed by atoms with Gasteiger partial charge < -0.3 is 9.84 Å². The molecular formula is C23H36O3. The Morgan fingerprint density at radius 2 is 1.27 bits per heavy atom. The van der Waals surface area contributed by atoms with Crippen molar-refractivity contribution >= 4 is 5.97 Å². The number of hydrogen-bond acceptors (Lipinski definition) is 2. The molecule has 146 valence electrons. The number of allylic oxidation sites excluding steroid dienone is 10. The standard InChI is InChI=1S/C23H36O3/c1-3-4-5-6-7-8-9-10-11-12-13-14-15-16-17-18-19-20-21-26-22(2)23(24)25/h4-5,7-8,10-11,13-14,16-17,22H,3,6,9,12,15,18-21H2,1-2H3,(H,24,25)/b5-4-,8-7-,11-10-,14-13-,17-16-. The van der Waals surface area contributed by atoms with Crippen molar-refractivity contribution < 1.29 is 14.6 Å². The molecule has 0 bridgehead atoms. The second kappa shape index (κ2) is 19.5. The van der Waals surface area contributed by atoms with Crippen LogP contribution >= 0.6 is 0 Å². The summed E-state index contributed by atoms with van der Waals surface area (Å²) in [5.74, 6) is -0.900. The van der Waals surface area contributed by atoms with E-state index in [1.54, 1.807) is 6.92 Å². The van der Waals surface area contributed by atoms with Crippen molar-refractivity contribution in [2.24, 2.45) is 0 Å². The molecule has 0 aliphatic heterocycles. The molecule has 0 saturated heterocycles. The third-order valence-corrected chi connectivity index (χ3v) is 3.64. The van der Waals surface area contributed by atoms with Crippen LogP contribution in [0.4, 0.5) is 0 Å². The summed E-state index contributed by atoms with van der Waals surface area (Å²) in [7, 11) is 0. The molecular weight excluding hydrogens is 324 g/mol. The highest BCUT2D eigenvalue weighted by Crippen LogP contribution is 2.01. The van der Waals surface area contributed by atoms with E-state index in [4.69, 9.17) is 9.84 Å². The molecule has 3 heteroatoms. The monoisotopic (exact) mass is 360 g/mol. The van der Waals surface area contributed by atoms with Gasteiger partial charge >= 0.3 is 5.97 Å². The number of carboxylic acid groups (broad SMARTS) is 1. The minimum atomic E-state index is -0.900. The summed E-state index contributed by atoms with van der Waals surface area (Å²) in [6.45, 7) is 4.22. The lowest BCUT2D eigenvalue weighted by Crippen LogP contribution is -2.20. The Hall–Kier alpha value is -1.87. The molecule has 0 heterocycles. The van der Waals surface area contributed by atoms with Crippen LogP contribution in [-0.4, -0.2) is 23.8 Å². The van der Waals surface area contributed by atoms with Crippen LogP contribution in [0.3, 0.4) is 0 Å². The van der Waals surface area contributed by atoms with Crippen LogP contribution in [0, 0.1) is 0 Å². The van der Waals surface area contributed by atoms with Gasteiger partial charge in [0.1, 0.15) is 0 Å². The third kappa shape index (κ3) is 18.5. The summed E-state index contributed by atoms with van der Waals surface area (Å²) >= 11 is 0. The van der Waals surface area contributed by atoms with E-state index in [1.807, 2.05) is 0 Å². The van der Waals surface area contributed by atoms with E-state index in [2.05, 4.69) is 67.7 Å². The molecule has 0 aromatic heterocycles. The predicted molar refractivity (Wildman–Crippen MR) is 111 cm³/mol. The van der Waals surface area contributed by atoms with Crippen molar-refractivity contribution in [3.63, 3.8) is 0 Å². The molecule has 0 spiro atoms. The van der Waals surface area contributed by atoms with Gasteiger partial charge in [-0.2, -0.15) is 0 Å². The molecule has 0 radical (unpaired) electrons. The average molecular weight is 361 g/mol. The molecule has 1 atom stereocenters. The van der Waals surface area contributed by atoms with Gasteiger partial charge in [-0.05, 0) is 58.3 Å². The van der Waals surface area contributed by atoms with Crippen molar-refractivity contribution in [3.8, 4) is 0 Å². The van der Waals surface area contributed by atoms with Crippen molar-refractivity contribution in [2.75, 3.05) is 6.61 Å². The molecule has 0 amide bonds. The van der Waals surface area contributed by atoms with E-state index < -0.39 is 12.1 Å². The van der Waals surface area contributed by atoms with Gasteiger partial charge in [-0.15, -0.1) is 0 Å². The molecule has 0 aromatic carbocycles. The summed E-state index contributed by atoms with van der Waals surface area (Å²) < 4.78 is 5.18. The van der Waals surface area contributed by atoms with Crippen LogP contribution in [0.1, 0.15) is 65.2 Å². The smallest absolute Gasteiger partial charge is 0.332 e. The maximum absolute atomic E-state index is 10.6. The zero-order chi connectivity index (χ0) is 19.3. The summed E-state index contributed by atoms with van der Waals surface area (Å²) in [5.41, 5.74) is 0. The van der Waals surface area contributed by atoms with Crippen molar-refractivity contribution in [3.05, 3.63) is 60.8 Å². The first kappa shape index (κ1) is 24.1. The second-order valence-electron chi connectivity index (χ2n) is 6.06. The van der Waals surface area contributed by atoms with Gasteiger partial charge in [0, 0.05) is 6.61 Å². The number of aliphatic carboxylic acids is 1. The molecule has 0 aliphatic carbocycles. The molecule has 0 fully saturated rings. The number of carbonyl (C=O) groups is 1. The first-order valence-corrected chi connectivity index (χ1v) is 9.77. The van der Waals surface area contributed by atoms with Crippen LogP contribution in [0.15, 0.2) is 60.8 Å². The summed E-state index contributed by atoms with van der Waals surface area (Å²) in [6, 6.07) is 0. The highest BCUT2D eigenvalue weighted by atomic mass is 16.5. The van der Waals surface area contributed by atoms with E-state index in [-0.39, 0.29) is 0 Å². The molecule has 0 aliphatic rings. The van der Waals surface area contributed by atoms with Crippen molar-refractivity contribution in [1.82, 2.24) is 0 Å². The number of hydrogen-bond donors (Lipinski definition) is 1. The molecule has 26 heavy (non-hydrogen) atoms. The van der Waals surface area contributed by atoms with Crippen molar-refractivity contribution in [2.45, 2.75) is 71.3 Å². The number of carboxylic acids is 1. The minimum Gasteiger partial charge on any atom is -0.479 e. The quantitative estimate of drug-likeness (QED) is 0.256. The fourth-order valence-electron chi connectivity index (χ4n) is 2.06. The van der Waals surface area contributed by atoms with Crippen LogP contribution in [0.2, 0.25) is 0 Å². The fourth-order valence-corrected chi connectivity index (χ4v) is 2.06. The molecule has 0 saturated carbocycles. The Bertz CT molecular complexity index is 470. The SMILES string of the molecule is CC/C=C\C/C=C\C/C=C\C/C=C\C/C=C\CCCCOC(C)C(=O)O. The van der Waals surface area contributed by atoms with E-state index in [0.717, 1.165) is 51.4 Å². The Labute approximate surface area is 159 Å². The van der Waals surface area contributed by atoms with E-state index in [9.17, 15) is 4.79 Å². The summed E-state index contributed by atoms with van der Waals surface area (Å²) in [6.07, 6.45) is 29.2. The van der Waals surface area contributed by atoms with E-state index >= 15 is 0 Å². The Morgan fingerprint density at radius 3 is 1.73 bits per heavy atom. The Kier molecular flexibility index (Phi) is 18.1. The molecule has 1 N–H and O–H groups in total. The molecule has 3 nitrogen and oxygen atoms in total. The maximum Gasteiger partial charge on any atom is 0.332 e. The zero-order valence-corrected chi connectivity index (χ0v) is 16.5. The first-order chi connectivity index (χ1) is 12.7. The van der Waals surface area contributed by atoms with Crippen LogP contribution < -0.4 is 0 Å². The average Bonchev–Trinajstić information content (AvgIpc) is 2.63. The van der Waals surface area contributed by atoms with Gasteiger partial charge in [-0.1, -0.05) is 67.7 Å². The van der Waals surface area contributed by atoms with Crippen molar-refractivity contribution in [1.29, 1.82) is 0 Å². The minimum absolute atomic E-state index is 0.512. The second-order valence-corrected chi connectivity index (χ2v) is 6.06. The Balaban J connectivity index is 3.46. The lowest BCUT2D eigenvalue weighted by atomic mass is 10.2. The van der Waals surface area contributed by atoms with Gasteiger partial charge in [-0.25, -0.2) is 4.79 Å². The largest absolute Gasteiger partial charge is 0.479 e. The van der Waals surface area contributed by atoms with Gasteiger partial charge in [0.2, 0.25) is 0 Å². The maximum atomic E-state index is 10.6. The third-order valence-electron chi connectivity index (χ3n) is 3.64. The van der Waals surface area contributed by atoms with Gasteiger partial charge in [0.15, 0.2) is 6.10 Å². The fraction of sp³-hybridized carbons (Fsp3) is 0.522. The highest BCUT2D eigenvalue weighted by Gasteiger charge is 2.09. The lowest BCUT2D eigenvalue weighted by molar-refractivity contribution is -0.149. The topological polar surface area (TPSA) is 46.5 Å². The summed E-state index contributed by atoms with van der Waals surface area (Å²) in [4.78, 5) is 10.6. The number of unbranched alkanes of at least 4 members (excludes halogenated alkanes) is 2. The van der Waals surface area contributed by atoms with Gasteiger partial charge in [-0.3, -0.25) is 0 Å². The first-order valence-electron chi connectivity index (χ1n) is 9.77. The Morgan fingerprint density at radius 1 is 0.808 bits per heavy atom. The van der Waals surface area contributed by atoms with Gasteiger partial charge in [0.25, 0.3) is 0 Å². The van der Waals surface area contributed by atoms with E-state index in [1.165, 1.54) is 0 Å². The van der Waals surface area contributed by atoms with Crippen LogP contribution in [0.25, 0.3) is 0 Å². The van der Waals surface area contributed by atoms with E-state index in [0.29, 0.717) is 6.61 Å². The van der Waals surface area contributed by atoms with Crippen LogP contribution in [-0.2, 0) is 9.53 Å². The zero-order valence-electron chi connectivity index (χ0n) is 16.5. The normalized spacial score (nSPS) is 13.9. The molecule has 0 aromatic rings. The number of ether oxygens (including phenoxy) is 1. The van der Waals surface area contributed by atoms with Gasteiger partial charge in [0.05, 0.1) is 0 Å².